The molecule has 3 aromatic rings. The Kier molecular flexibility index (Phi) is 8.22. The summed E-state index contributed by atoms with van der Waals surface area (Å²) < 4.78 is 6.09. The molecule has 0 saturated carbocycles. The van der Waals surface area contributed by atoms with Crippen molar-refractivity contribution in [2.45, 2.75) is 58.3 Å². The Morgan fingerprint density at radius 1 is 0.821 bits per heavy atom. The van der Waals surface area contributed by atoms with Crippen molar-refractivity contribution in [2.24, 2.45) is 0 Å². The monoisotopic (exact) mass is 397 g/mol. The van der Waals surface area contributed by atoms with Crippen LogP contribution in [-0.4, -0.2) is 27.4 Å². The Labute approximate surface area is 173 Å². The minimum Gasteiger partial charge on any atom is -0.491 e. The van der Waals surface area contributed by atoms with Crippen LogP contribution in [0.2, 0.25) is 0 Å². The van der Waals surface area contributed by atoms with E-state index in [2.05, 4.69) is 41.9 Å². The van der Waals surface area contributed by atoms with Crippen LogP contribution in [0.1, 0.15) is 56.9 Å². The molecule has 1 heterocycles. The fraction of sp³-hybridized carbons (Fsp3) is 0.478. The van der Waals surface area contributed by atoms with Crippen LogP contribution in [0.5, 0.6) is 5.75 Å². The van der Waals surface area contributed by atoms with Gasteiger partial charge < -0.3 is 4.74 Å². The van der Waals surface area contributed by atoms with Crippen molar-refractivity contribution < 1.29 is 4.74 Å². The van der Waals surface area contributed by atoms with Gasteiger partial charge in [-0.2, -0.15) is 12.6 Å². The highest BCUT2D eigenvalue weighted by atomic mass is 32.1. The van der Waals surface area contributed by atoms with Gasteiger partial charge in [0.05, 0.1) is 6.61 Å². The third-order valence-electron chi connectivity index (χ3n) is 4.93. The summed E-state index contributed by atoms with van der Waals surface area (Å²) in [6, 6.07) is 14.1. The number of hydrogen-bond donors (Lipinski definition) is 1. The maximum absolute atomic E-state index is 6.09. The van der Waals surface area contributed by atoms with E-state index in [0.717, 1.165) is 41.3 Å². The predicted molar refractivity (Wildman–Crippen MR) is 120 cm³/mol. The topological polar surface area (TPSA) is 39.9 Å². The van der Waals surface area contributed by atoms with Gasteiger partial charge in [0.25, 0.3) is 0 Å². The number of benzene rings is 2. The summed E-state index contributed by atoms with van der Waals surface area (Å²) in [5, 5.41) is 9.21. The van der Waals surface area contributed by atoms with Crippen LogP contribution < -0.4 is 4.74 Å². The van der Waals surface area contributed by atoms with Gasteiger partial charge in [-0.1, -0.05) is 56.7 Å². The molecule has 0 N–H and O–H groups in total. The second-order valence-corrected chi connectivity index (χ2v) is 7.80. The van der Waals surface area contributed by atoms with E-state index in [1.807, 2.05) is 30.3 Å². The molecule has 0 radical (unpaired) electrons. The summed E-state index contributed by atoms with van der Waals surface area (Å²) in [4.78, 5) is 1.69. The minimum atomic E-state index is 0.733. The normalized spacial score (nSPS) is 11.2. The average molecular weight is 398 g/mol. The Morgan fingerprint density at radius 3 is 2.07 bits per heavy atom. The van der Waals surface area contributed by atoms with Crippen molar-refractivity contribution in [1.82, 2.24) is 15.0 Å². The number of ether oxygens (including phenoxy) is 1. The van der Waals surface area contributed by atoms with Crippen molar-refractivity contribution in [3.63, 3.8) is 0 Å². The molecule has 0 amide bonds. The Hall–Kier alpha value is -2.01. The average Bonchev–Trinajstić information content (AvgIpc) is 3.14. The van der Waals surface area contributed by atoms with Gasteiger partial charge in [0, 0.05) is 0 Å². The molecule has 0 aliphatic rings. The summed E-state index contributed by atoms with van der Waals surface area (Å²) in [7, 11) is 0. The molecule has 150 valence electrons. The predicted octanol–water partition coefficient (Wildman–Crippen LogP) is 6.16. The lowest BCUT2D eigenvalue weighted by Gasteiger charge is -2.11. The zero-order valence-electron chi connectivity index (χ0n) is 16.8. The van der Waals surface area contributed by atoms with Crippen LogP contribution in [-0.2, 0) is 0 Å². The largest absolute Gasteiger partial charge is 0.491 e. The van der Waals surface area contributed by atoms with E-state index in [1.54, 1.807) is 4.80 Å². The van der Waals surface area contributed by atoms with E-state index in [4.69, 9.17) is 4.74 Å². The molecule has 0 aliphatic heterocycles. The number of aromatic nitrogens is 3. The van der Waals surface area contributed by atoms with Crippen LogP contribution in [0, 0.1) is 6.92 Å². The first-order valence-corrected chi connectivity index (χ1v) is 11.1. The lowest BCUT2D eigenvalue weighted by atomic mass is 10.1. The van der Waals surface area contributed by atoms with Gasteiger partial charge in [0.15, 0.2) is 0 Å². The van der Waals surface area contributed by atoms with Crippen molar-refractivity contribution in [2.75, 3.05) is 12.4 Å². The lowest BCUT2D eigenvalue weighted by molar-refractivity contribution is 0.302. The molecular formula is C23H31N3OS. The number of nitrogens with zero attached hydrogens (tertiary/aromatic N) is 3. The van der Waals surface area contributed by atoms with Crippen LogP contribution in [0.3, 0.4) is 0 Å². The third-order valence-corrected chi connectivity index (χ3v) is 5.24. The number of unbranched alkanes of at least 4 members (excludes halogenated alkanes) is 7. The van der Waals surface area contributed by atoms with E-state index in [0.29, 0.717) is 0 Å². The van der Waals surface area contributed by atoms with E-state index in [1.165, 1.54) is 50.5 Å². The fourth-order valence-corrected chi connectivity index (χ4v) is 3.55. The van der Waals surface area contributed by atoms with Crippen molar-refractivity contribution in [3.8, 4) is 11.4 Å². The number of rotatable bonds is 12. The Balaban J connectivity index is 1.49. The maximum Gasteiger partial charge on any atom is 0.146 e. The van der Waals surface area contributed by atoms with Gasteiger partial charge >= 0.3 is 0 Å². The van der Waals surface area contributed by atoms with Crippen molar-refractivity contribution in [3.05, 3.63) is 48.0 Å². The lowest BCUT2D eigenvalue weighted by Crippen LogP contribution is -2.05. The highest BCUT2D eigenvalue weighted by molar-refractivity contribution is 7.80. The van der Waals surface area contributed by atoms with E-state index < -0.39 is 0 Å². The second-order valence-electron chi connectivity index (χ2n) is 7.35. The first kappa shape index (κ1) is 20.7. The molecule has 0 atom stereocenters. The van der Waals surface area contributed by atoms with Gasteiger partial charge in [-0.3, -0.25) is 0 Å². The standard InChI is InChI=1S/C23H31N3OS/c1-19-14-15-23(27-16-10-6-4-2-3-5-7-11-17-28)22(18-19)26-24-20-12-8-9-13-21(20)25-26/h8-9,12-15,18,28H,2-7,10-11,16-17H2,1H3. The molecule has 3 rings (SSSR count). The molecule has 0 bridgehead atoms. The summed E-state index contributed by atoms with van der Waals surface area (Å²) in [6.07, 6.45) is 10.2. The molecule has 4 nitrogen and oxygen atoms in total. The van der Waals surface area contributed by atoms with Crippen LogP contribution in [0.15, 0.2) is 42.5 Å². The third kappa shape index (κ3) is 5.99. The highest BCUT2D eigenvalue weighted by Crippen LogP contribution is 2.24. The van der Waals surface area contributed by atoms with Crippen molar-refractivity contribution in [1.29, 1.82) is 0 Å². The number of fused-ring (bicyclic) bond motifs is 1. The van der Waals surface area contributed by atoms with E-state index >= 15 is 0 Å². The summed E-state index contributed by atoms with van der Waals surface area (Å²) in [6.45, 7) is 2.81. The molecule has 0 saturated heterocycles. The van der Waals surface area contributed by atoms with Gasteiger partial charge in [-0.05, 0) is 55.3 Å². The molecule has 0 aliphatic carbocycles. The molecule has 0 spiro atoms. The van der Waals surface area contributed by atoms with Gasteiger partial charge in [-0.15, -0.1) is 15.0 Å². The van der Waals surface area contributed by atoms with E-state index in [9.17, 15) is 0 Å². The molecule has 0 fully saturated rings. The van der Waals surface area contributed by atoms with Gasteiger partial charge in [0.1, 0.15) is 22.5 Å². The maximum atomic E-state index is 6.09. The van der Waals surface area contributed by atoms with Crippen LogP contribution >= 0.6 is 12.6 Å². The Bertz CT molecular complexity index is 829. The van der Waals surface area contributed by atoms with Crippen molar-refractivity contribution >= 4 is 23.7 Å². The molecule has 5 heteroatoms. The molecule has 2 aromatic carbocycles. The molecule has 28 heavy (non-hydrogen) atoms. The van der Waals surface area contributed by atoms with E-state index in [-0.39, 0.29) is 0 Å². The SMILES string of the molecule is Cc1ccc(OCCCCCCCCCCS)c(-n2nc3ccccc3n2)c1. The fourth-order valence-electron chi connectivity index (χ4n) is 3.33. The summed E-state index contributed by atoms with van der Waals surface area (Å²) >= 11 is 4.26. The molecular weight excluding hydrogens is 366 g/mol. The van der Waals surface area contributed by atoms with Crippen LogP contribution in [0.4, 0.5) is 0 Å². The minimum absolute atomic E-state index is 0.733. The summed E-state index contributed by atoms with van der Waals surface area (Å²) in [5.74, 6) is 1.86. The quantitative estimate of drug-likeness (QED) is 0.294. The number of aryl methyl sites for hydroxylation is 1. The van der Waals surface area contributed by atoms with Gasteiger partial charge in [0.2, 0.25) is 0 Å². The second kappa shape index (κ2) is 11.1. The smallest absolute Gasteiger partial charge is 0.146 e. The summed E-state index contributed by atoms with van der Waals surface area (Å²) in [5.41, 5.74) is 3.86. The van der Waals surface area contributed by atoms with Gasteiger partial charge in [-0.25, -0.2) is 0 Å². The number of thiol groups is 1. The Morgan fingerprint density at radius 2 is 1.43 bits per heavy atom. The molecule has 1 aromatic heterocycles. The first-order chi connectivity index (χ1) is 13.8. The first-order valence-electron chi connectivity index (χ1n) is 10.4. The van der Waals surface area contributed by atoms with Crippen LogP contribution in [0.25, 0.3) is 16.7 Å². The zero-order chi connectivity index (χ0) is 19.6. The zero-order valence-corrected chi connectivity index (χ0v) is 17.7. The number of hydrogen-bond acceptors (Lipinski definition) is 4. The molecule has 0 unspecified atom stereocenters. The highest BCUT2D eigenvalue weighted by Gasteiger charge is 2.10.